The number of thioether (sulfide) groups is 1. The van der Waals surface area contributed by atoms with Gasteiger partial charge in [0.15, 0.2) is 0 Å². The number of terminal acetylenes is 1. The molecule has 3 N–H and O–H groups in total. The van der Waals surface area contributed by atoms with Gasteiger partial charge in [0.2, 0.25) is 0 Å². The molecule has 6 heteroatoms. The zero-order valence-corrected chi connectivity index (χ0v) is 11.2. The van der Waals surface area contributed by atoms with Crippen molar-refractivity contribution in [2.75, 3.05) is 12.8 Å². The molecular weight excluding hydrogens is 256 g/mol. The molecule has 1 aromatic carbocycles. The monoisotopic (exact) mass is 272 g/mol. The minimum atomic E-state index is -3.57. The van der Waals surface area contributed by atoms with E-state index in [2.05, 4.69) is 17.6 Å². The molecule has 0 heterocycles. The molecule has 0 fully saturated rings. The lowest BCUT2D eigenvalue weighted by atomic mass is 10.1. The third-order valence-corrected chi connectivity index (χ3v) is 3.33. The molecule has 0 amide bonds. The zero-order chi connectivity index (χ0) is 13.3. The van der Waals surface area contributed by atoms with Crippen LogP contribution in [-0.2, 0) is 16.6 Å². The molecule has 0 unspecified atom stereocenters. The minimum Gasteiger partial charge on any atom is -0.216 e. The fraction of sp³-hybridized carbons (Fsp3) is 0.273. The van der Waals surface area contributed by atoms with E-state index in [1.54, 1.807) is 11.8 Å². The van der Waals surface area contributed by atoms with E-state index in [0.717, 1.165) is 10.5 Å². The molecule has 1 rings (SSSR count). The highest BCUT2D eigenvalue weighted by Crippen LogP contribution is 2.19. The van der Waals surface area contributed by atoms with Gasteiger partial charge in [0.1, 0.15) is 0 Å². The molecule has 94 valence electrons. The Morgan fingerprint density at radius 3 is 2.47 bits per heavy atom. The van der Waals surface area contributed by atoms with Gasteiger partial charge in [-0.15, -0.1) is 24.6 Å². The Hall–Kier alpha value is -1.00. The molecule has 1 aromatic rings. The number of hydrogen-bond acceptors (Lipinski definition) is 3. The Balaban J connectivity index is 0.00000121. The van der Waals surface area contributed by atoms with Crippen LogP contribution in [-0.4, -0.2) is 21.2 Å². The highest BCUT2D eigenvalue weighted by atomic mass is 32.2. The van der Waals surface area contributed by atoms with E-state index in [9.17, 15) is 8.42 Å². The van der Waals surface area contributed by atoms with Crippen LogP contribution >= 0.6 is 11.8 Å². The molecule has 0 spiro atoms. The largest absolute Gasteiger partial charge is 0.274 e. The second-order valence-electron chi connectivity index (χ2n) is 3.00. The van der Waals surface area contributed by atoms with Gasteiger partial charge in [0.25, 0.3) is 10.2 Å². The Labute approximate surface area is 107 Å². The molecule has 4 nitrogen and oxygen atoms in total. The summed E-state index contributed by atoms with van der Waals surface area (Å²) in [6.07, 6.45) is 10.6. The summed E-state index contributed by atoms with van der Waals surface area (Å²) in [6.45, 7) is 0.330. The summed E-state index contributed by atoms with van der Waals surface area (Å²) in [4.78, 5) is 1.16. The van der Waals surface area contributed by atoms with Crippen LogP contribution in [0, 0.1) is 12.8 Å². The lowest BCUT2D eigenvalue weighted by Crippen LogP contribution is -2.32. The van der Waals surface area contributed by atoms with Crippen molar-refractivity contribution in [1.29, 1.82) is 0 Å². The topological polar surface area (TPSA) is 72.2 Å². The van der Waals surface area contributed by atoms with Crippen molar-refractivity contribution in [3.05, 3.63) is 29.8 Å². The van der Waals surface area contributed by atoms with Crippen LogP contribution in [0.1, 0.15) is 5.56 Å². The van der Waals surface area contributed by atoms with E-state index in [1.165, 1.54) is 0 Å². The molecule has 17 heavy (non-hydrogen) atoms. The van der Waals surface area contributed by atoms with Gasteiger partial charge in [0.05, 0.1) is 0 Å². The summed E-state index contributed by atoms with van der Waals surface area (Å²) in [6, 6.07) is 7.89. The normalized spacial score (nSPS) is 10.4. The lowest BCUT2D eigenvalue weighted by Gasteiger charge is -2.06. The average molecular weight is 272 g/mol. The molecule has 0 aromatic heterocycles. The smallest absolute Gasteiger partial charge is 0.216 e. The van der Waals surface area contributed by atoms with E-state index in [1.807, 2.05) is 30.5 Å². The van der Waals surface area contributed by atoms with Crippen LogP contribution in [0.15, 0.2) is 29.2 Å². The fourth-order valence-electron chi connectivity index (χ4n) is 1.24. The van der Waals surface area contributed by atoms with E-state index in [4.69, 9.17) is 5.14 Å². The van der Waals surface area contributed by atoms with E-state index < -0.39 is 10.2 Å². The standard InChI is InChI=1S/C9H14N2O2S2.C2H2/c1-14-9-5-3-2-4-8(9)6-7-11-15(10,12)13;1-2/h2-5,11H,6-7H2,1H3,(H2,10,12,13);1-2H. The molecule has 0 radical (unpaired) electrons. The van der Waals surface area contributed by atoms with Crippen molar-refractivity contribution in [3.8, 4) is 12.8 Å². The first-order valence-corrected chi connectivity index (χ1v) is 7.52. The predicted octanol–water partition coefficient (Wildman–Crippen LogP) is 0.993. The number of nitrogens with one attached hydrogen (secondary N) is 1. The van der Waals surface area contributed by atoms with Crippen molar-refractivity contribution in [2.24, 2.45) is 5.14 Å². The molecule has 0 saturated carbocycles. The summed E-state index contributed by atoms with van der Waals surface area (Å²) in [5, 5.41) is 4.83. The van der Waals surface area contributed by atoms with Crippen molar-refractivity contribution >= 4 is 22.0 Å². The van der Waals surface area contributed by atoms with Gasteiger partial charge in [-0.1, -0.05) is 18.2 Å². The fourth-order valence-corrected chi connectivity index (χ4v) is 2.27. The maximum absolute atomic E-state index is 10.6. The van der Waals surface area contributed by atoms with Gasteiger partial charge in [0, 0.05) is 11.4 Å². The van der Waals surface area contributed by atoms with Gasteiger partial charge in [-0.3, -0.25) is 0 Å². The maximum atomic E-state index is 10.6. The number of hydrogen-bond donors (Lipinski definition) is 2. The van der Waals surface area contributed by atoms with Gasteiger partial charge in [-0.05, 0) is 24.3 Å². The Kier molecular flexibility index (Phi) is 7.66. The van der Waals surface area contributed by atoms with Crippen LogP contribution in [0.4, 0.5) is 0 Å². The Morgan fingerprint density at radius 1 is 1.35 bits per heavy atom. The van der Waals surface area contributed by atoms with Gasteiger partial charge < -0.3 is 0 Å². The van der Waals surface area contributed by atoms with Gasteiger partial charge in [-0.2, -0.15) is 8.42 Å². The second kappa shape index (κ2) is 8.14. The highest BCUT2D eigenvalue weighted by Gasteiger charge is 2.03. The summed E-state index contributed by atoms with van der Waals surface area (Å²) < 4.78 is 23.5. The summed E-state index contributed by atoms with van der Waals surface area (Å²) in [5.41, 5.74) is 1.13. The first kappa shape index (κ1) is 16.0. The molecule has 0 bridgehead atoms. The quantitative estimate of drug-likeness (QED) is 0.620. The van der Waals surface area contributed by atoms with Gasteiger partial charge >= 0.3 is 0 Å². The number of nitrogens with two attached hydrogens (primary N) is 1. The van der Waals surface area contributed by atoms with Crippen LogP contribution in [0.5, 0.6) is 0 Å². The summed E-state index contributed by atoms with van der Waals surface area (Å²) >= 11 is 1.64. The molecule has 0 atom stereocenters. The van der Waals surface area contributed by atoms with Crippen LogP contribution < -0.4 is 9.86 Å². The first-order valence-electron chi connectivity index (χ1n) is 4.75. The van der Waals surface area contributed by atoms with E-state index in [0.29, 0.717) is 13.0 Å². The molecule has 0 aliphatic rings. The third-order valence-electron chi connectivity index (χ3n) is 1.89. The zero-order valence-electron chi connectivity index (χ0n) is 9.59. The summed E-state index contributed by atoms with van der Waals surface area (Å²) in [5.74, 6) is 0. The first-order chi connectivity index (χ1) is 8.03. The minimum absolute atomic E-state index is 0.330. The van der Waals surface area contributed by atoms with Crippen LogP contribution in [0.25, 0.3) is 0 Å². The van der Waals surface area contributed by atoms with Crippen molar-refractivity contribution in [1.82, 2.24) is 4.72 Å². The van der Waals surface area contributed by atoms with Crippen LogP contribution in [0.3, 0.4) is 0 Å². The average Bonchev–Trinajstić information content (AvgIpc) is 2.31. The van der Waals surface area contributed by atoms with Crippen LogP contribution in [0.2, 0.25) is 0 Å². The maximum Gasteiger partial charge on any atom is 0.274 e. The molecule has 0 aliphatic heterocycles. The SMILES string of the molecule is C#C.CSc1ccccc1CCNS(N)(=O)=O. The second-order valence-corrected chi connectivity index (χ2v) is 5.23. The van der Waals surface area contributed by atoms with E-state index in [-0.39, 0.29) is 0 Å². The third kappa shape index (κ3) is 7.02. The molecular formula is C11H16N2O2S2. The highest BCUT2D eigenvalue weighted by molar-refractivity contribution is 7.98. The van der Waals surface area contributed by atoms with Crippen molar-refractivity contribution in [3.63, 3.8) is 0 Å². The lowest BCUT2D eigenvalue weighted by molar-refractivity contribution is 0.583. The number of benzene rings is 1. The number of rotatable bonds is 5. The molecule has 0 aliphatic carbocycles. The summed E-state index contributed by atoms with van der Waals surface area (Å²) in [7, 11) is -3.57. The molecule has 0 saturated heterocycles. The Bertz CT molecular complexity index is 456. The van der Waals surface area contributed by atoms with Crippen molar-refractivity contribution < 1.29 is 8.42 Å². The van der Waals surface area contributed by atoms with E-state index >= 15 is 0 Å². The van der Waals surface area contributed by atoms with Crippen molar-refractivity contribution in [2.45, 2.75) is 11.3 Å². The Morgan fingerprint density at radius 2 is 1.94 bits per heavy atom. The predicted molar refractivity (Wildman–Crippen MR) is 72.9 cm³/mol. The van der Waals surface area contributed by atoms with Gasteiger partial charge in [-0.25, -0.2) is 9.86 Å².